The summed E-state index contributed by atoms with van der Waals surface area (Å²) in [6, 6.07) is 14.1. The van der Waals surface area contributed by atoms with Crippen molar-refractivity contribution in [1.82, 2.24) is 19.5 Å². The summed E-state index contributed by atoms with van der Waals surface area (Å²) < 4.78 is 16.9. The van der Waals surface area contributed by atoms with Crippen LogP contribution in [-0.4, -0.2) is 58.9 Å². The Kier molecular flexibility index (Phi) is 6.08. The van der Waals surface area contributed by atoms with Gasteiger partial charge in [0.15, 0.2) is 0 Å². The summed E-state index contributed by atoms with van der Waals surface area (Å²) in [6.07, 6.45) is 5.85. The van der Waals surface area contributed by atoms with E-state index in [1.165, 1.54) is 16.0 Å². The van der Waals surface area contributed by atoms with Gasteiger partial charge in [0.25, 0.3) is 0 Å². The molecule has 7 nitrogen and oxygen atoms in total. The van der Waals surface area contributed by atoms with Gasteiger partial charge < -0.3 is 9.47 Å². The highest BCUT2D eigenvalue weighted by Crippen LogP contribution is 2.26. The van der Waals surface area contributed by atoms with Gasteiger partial charge in [0, 0.05) is 37.2 Å². The molecular formula is C23H25FN6O. The molecule has 4 rings (SSSR count). The standard InChI is InChI=1S/C23H25FN6O/c1-27(2)17-22-25-11-14-28(22)19-9-10-21(20(24)15-19)29-12-6-13-30(23(29)31)26-16-18-7-4-3-5-8-18/h3-5,7-11,14-16H,6,12-13,17H2,1-2H3. The summed E-state index contributed by atoms with van der Waals surface area (Å²) in [5.41, 5.74) is 1.82. The van der Waals surface area contributed by atoms with E-state index in [-0.39, 0.29) is 11.7 Å². The van der Waals surface area contributed by atoms with Crippen LogP contribution in [0.2, 0.25) is 0 Å². The molecular weight excluding hydrogens is 395 g/mol. The van der Waals surface area contributed by atoms with E-state index in [4.69, 9.17) is 0 Å². The highest BCUT2D eigenvalue weighted by atomic mass is 19.1. The Morgan fingerprint density at radius 1 is 1.16 bits per heavy atom. The number of hydrogen-bond donors (Lipinski definition) is 0. The maximum atomic E-state index is 15.1. The summed E-state index contributed by atoms with van der Waals surface area (Å²) >= 11 is 0. The minimum Gasteiger partial charge on any atom is -0.303 e. The van der Waals surface area contributed by atoms with Crippen molar-refractivity contribution in [3.8, 4) is 5.69 Å². The van der Waals surface area contributed by atoms with E-state index in [9.17, 15) is 4.79 Å². The van der Waals surface area contributed by atoms with Crippen LogP contribution >= 0.6 is 0 Å². The second-order valence-electron chi connectivity index (χ2n) is 7.65. The third-order valence-corrected chi connectivity index (χ3v) is 5.02. The first-order valence-electron chi connectivity index (χ1n) is 10.2. The molecule has 1 fully saturated rings. The first-order chi connectivity index (χ1) is 15.0. The molecule has 160 valence electrons. The fourth-order valence-electron chi connectivity index (χ4n) is 3.55. The zero-order valence-electron chi connectivity index (χ0n) is 17.6. The van der Waals surface area contributed by atoms with Crippen molar-refractivity contribution in [1.29, 1.82) is 0 Å². The second-order valence-corrected chi connectivity index (χ2v) is 7.65. The molecule has 8 heteroatoms. The minimum atomic E-state index is -0.454. The van der Waals surface area contributed by atoms with E-state index < -0.39 is 5.82 Å². The normalized spacial score (nSPS) is 14.8. The molecule has 0 spiro atoms. The molecule has 2 heterocycles. The number of rotatable bonds is 6. The van der Waals surface area contributed by atoms with Crippen LogP contribution in [0.3, 0.4) is 0 Å². The molecule has 0 radical (unpaired) electrons. The van der Waals surface area contributed by atoms with Crippen molar-refractivity contribution in [3.05, 3.63) is 78.1 Å². The van der Waals surface area contributed by atoms with Crippen LogP contribution in [0.4, 0.5) is 14.9 Å². The van der Waals surface area contributed by atoms with Crippen molar-refractivity contribution in [2.45, 2.75) is 13.0 Å². The SMILES string of the molecule is CN(C)Cc1nccn1-c1ccc(N2CCCN(N=Cc3ccccc3)C2=O)c(F)c1. The third-order valence-electron chi connectivity index (χ3n) is 5.02. The Bertz CT molecular complexity index is 1080. The number of aromatic nitrogens is 2. The number of carbonyl (C=O) groups is 1. The molecule has 1 aliphatic heterocycles. The van der Waals surface area contributed by atoms with Gasteiger partial charge in [-0.3, -0.25) is 4.90 Å². The third kappa shape index (κ3) is 4.64. The van der Waals surface area contributed by atoms with Crippen molar-refractivity contribution in [3.63, 3.8) is 0 Å². The lowest BCUT2D eigenvalue weighted by atomic mass is 10.2. The predicted octanol–water partition coefficient (Wildman–Crippen LogP) is 3.74. The van der Waals surface area contributed by atoms with Gasteiger partial charge in [0.05, 0.1) is 18.4 Å². The van der Waals surface area contributed by atoms with Gasteiger partial charge >= 0.3 is 6.03 Å². The summed E-state index contributed by atoms with van der Waals surface area (Å²) in [4.78, 5) is 20.7. The molecule has 0 bridgehead atoms. The van der Waals surface area contributed by atoms with Crippen LogP contribution in [0.5, 0.6) is 0 Å². The topological polar surface area (TPSA) is 57.0 Å². The molecule has 1 aliphatic rings. The molecule has 31 heavy (non-hydrogen) atoms. The van der Waals surface area contributed by atoms with Gasteiger partial charge in [-0.05, 0) is 38.2 Å². The highest BCUT2D eigenvalue weighted by molar-refractivity contribution is 5.93. The summed E-state index contributed by atoms with van der Waals surface area (Å²) in [5.74, 6) is 0.358. The molecule has 0 atom stereocenters. The largest absolute Gasteiger partial charge is 0.344 e. The molecule has 1 saturated heterocycles. The highest BCUT2D eigenvalue weighted by Gasteiger charge is 2.28. The van der Waals surface area contributed by atoms with Gasteiger partial charge in [-0.25, -0.2) is 19.2 Å². The zero-order chi connectivity index (χ0) is 21.8. The average Bonchev–Trinajstić information content (AvgIpc) is 3.21. The molecule has 2 aromatic carbocycles. The zero-order valence-corrected chi connectivity index (χ0v) is 17.6. The first-order valence-corrected chi connectivity index (χ1v) is 10.2. The Morgan fingerprint density at radius 3 is 2.71 bits per heavy atom. The molecule has 0 unspecified atom stereocenters. The van der Waals surface area contributed by atoms with Gasteiger partial charge in [-0.1, -0.05) is 30.3 Å². The van der Waals surface area contributed by atoms with Gasteiger partial charge in [-0.2, -0.15) is 5.10 Å². The molecule has 2 amide bonds. The molecule has 0 N–H and O–H groups in total. The Balaban J connectivity index is 1.55. The fourth-order valence-corrected chi connectivity index (χ4v) is 3.55. The lowest BCUT2D eigenvalue weighted by Gasteiger charge is -2.32. The molecule has 3 aromatic rings. The summed E-state index contributed by atoms with van der Waals surface area (Å²) in [5, 5.41) is 5.70. The monoisotopic (exact) mass is 420 g/mol. The van der Waals surface area contributed by atoms with Crippen molar-refractivity contribution in [2.75, 3.05) is 32.1 Å². The predicted molar refractivity (Wildman–Crippen MR) is 119 cm³/mol. The fraction of sp³-hybridized carbons (Fsp3) is 0.261. The van der Waals surface area contributed by atoms with Crippen molar-refractivity contribution >= 4 is 17.9 Å². The van der Waals surface area contributed by atoms with E-state index >= 15 is 4.39 Å². The Labute approximate surface area is 181 Å². The van der Waals surface area contributed by atoms with E-state index in [1.54, 1.807) is 30.7 Å². The van der Waals surface area contributed by atoms with Gasteiger partial charge in [-0.15, -0.1) is 0 Å². The van der Waals surface area contributed by atoms with Crippen LogP contribution < -0.4 is 4.90 Å². The van der Waals surface area contributed by atoms with Crippen LogP contribution in [-0.2, 0) is 6.54 Å². The molecule has 0 saturated carbocycles. The number of hydrogen-bond acceptors (Lipinski definition) is 4. The number of urea groups is 1. The van der Waals surface area contributed by atoms with Gasteiger partial charge in [0.1, 0.15) is 11.6 Å². The van der Waals surface area contributed by atoms with Crippen LogP contribution in [0.25, 0.3) is 5.69 Å². The quantitative estimate of drug-likeness (QED) is 0.571. The first kappa shape index (κ1) is 20.7. The molecule has 0 aliphatic carbocycles. The lowest BCUT2D eigenvalue weighted by molar-refractivity contribution is 0.198. The number of halogens is 1. The van der Waals surface area contributed by atoms with Crippen LogP contribution in [0.15, 0.2) is 66.0 Å². The summed E-state index contributed by atoms with van der Waals surface area (Å²) in [7, 11) is 3.91. The maximum absolute atomic E-state index is 15.1. The van der Waals surface area contributed by atoms with Gasteiger partial charge in [0.2, 0.25) is 0 Å². The van der Waals surface area contributed by atoms with Crippen LogP contribution in [0, 0.1) is 5.82 Å². The minimum absolute atomic E-state index is 0.252. The maximum Gasteiger partial charge on any atom is 0.344 e. The Hall–Kier alpha value is -3.52. The van der Waals surface area contributed by atoms with E-state index in [0.29, 0.717) is 31.7 Å². The van der Waals surface area contributed by atoms with E-state index in [2.05, 4.69) is 10.1 Å². The van der Waals surface area contributed by atoms with E-state index in [1.807, 2.05) is 53.9 Å². The number of imidazole rings is 1. The van der Waals surface area contributed by atoms with Crippen molar-refractivity contribution < 1.29 is 9.18 Å². The van der Waals surface area contributed by atoms with Crippen molar-refractivity contribution in [2.24, 2.45) is 5.10 Å². The lowest BCUT2D eigenvalue weighted by Crippen LogP contribution is -2.47. The van der Waals surface area contributed by atoms with Crippen LogP contribution in [0.1, 0.15) is 17.8 Å². The Morgan fingerprint density at radius 2 is 1.97 bits per heavy atom. The number of anilines is 1. The average molecular weight is 420 g/mol. The number of amides is 2. The number of hydrazone groups is 1. The summed E-state index contributed by atoms with van der Waals surface area (Å²) in [6.45, 7) is 1.58. The second kappa shape index (κ2) is 9.09. The number of benzene rings is 2. The number of nitrogens with zero attached hydrogens (tertiary/aromatic N) is 6. The molecule has 1 aromatic heterocycles. The smallest absolute Gasteiger partial charge is 0.303 e. The number of carbonyl (C=O) groups excluding carboxylic acids is 1. The van der Waals surface area contributed by atoms with E-state index in [0.717, 1.165) is 11.4 Å².